The maximum absolute atomic E-state index is 13.6. The summed E-state index contributed by atoms with van der Waals surface area (Å²) in [4.78, 5) is 28.4. The summed E-state index contributed by atoms with van der Waals surface area (Å²) in [5.74, 6) is 5.36. The van der Waals surface area contributed by atoms with Crippen molar-refractivity contribution in [2.45, 2.75) is 91.2 Å². The van der Waals surface area contributed by atoms with E-state index in [0.29, 0.717) is 22.9 Å². The van der Waals surface area contributed by atoms with Crippen LogP contribution in [0.15, 0.2) is 6.07 Å². The number of carbonyl (C=O) groups is 2. The molecule has 2 heterocycles. The average Bonchev–Trinajstić information content (AvgIpc) is 3.12. The number of carbonyl (C=O) groups excluding carboxylic acids is 1. The summed E-state index contributed by atoms with van der Waals surface area (Å²) in [5.41, 5.74) is 0.299. The number of hydrogen-bond acceptors (Lipinski definition) is 4. The molecule has 0 unspecified atom stereocenters. The van der Waals surface area contributed by atoms with Crippen molar-refractivity contribution in [2.24, 2.45) is 17.3 Å². The van der Waals surface area contributed by atoms with E-state index in [0.717, 1.165) is 49.9 Å². The Hall–Kier alpha value is -1.84. The third kappa shape index (κ3) is 5.90. The van der Waals surface area contributed by atoms with Crippen molar-refractivity contribution < 1.29 is 19.8 Å². The normalized spacial score (nSPS) is 23.9. The zero-order valence-corrected chi connectivity index (χ0v) is 19.9. The van der Waals surface area contributed by atoms with E-state index < -0.39 is 12.1 Å². The van der Waals surface area contributed by atoms with Gasteiger partial charge in [0.05, 0.1) is 16.7 Å². The highest BCUT2D eigenvalue weighted by atomic mass is 32.1. The van der Waals surface area contributed by atoms with Gasteiger partial charge in [-0.2, -0.15) is 0 Å². The fraction of sp³-hybridized carbons (Fsp3) is 0.680. The molecule has 2 aliphatic rings. The van der Waals surface area contributed by atoms with E-state index in [2.05, 4.69) is 11.8 Å². The molecule has 0 aromatic carbocycles. The molecule has 1 amide bonds. The maximum atomic E-state index is 13.6. The zero-order chi connectivity index (χ0) is 22.8. The Morgan fingerprint density at radius 2 is 1.90 bits per heavy atom. The number of carboxylic acids is 1. The lowest BCUT2D eigenvalue weighted by Gasteiger charge is -2.44. The minimum absolute atomic E-state index is 0.0224. The van der Waals surface area contributed by atoms with Gasteiger partial charge in [0.1, 0.15) is 4.88 Å². The summed E-state index contributed by atoms with van der Waals surface area (Å²) < 4.78 is 0. The summed E-state index contributed by atoms with van der Waals surface area (Å²) >= 11 is 1.15. The average molecular weight is 446 g/mol. The van der Waals surface area contributed by atoms with Crippen LogP contribution in [0.25, 0.3) is 0 Å². The van der Waals surface area contributed by atoms with E-state index in [9.17, 15) is 19.8 Å². The maximum Gasteiger partial charge on any atom is 0.348 e. The number of anilines is 1. The molecule has 2 N–H and O–H groups in total. The Morgan fingerprint density at radius 3 is 2.48 bits per heavy atom. The summed E-state index contributed by atoms with van der Waals surface area (Å²) in [6.45, 7) is 7.75. The van der Waals surface area contributed by atoms with Crippen LogP contribution < -0.4 is 4.90 Å². The highest BCUT2D eigenvalue weighted by Crippen LogP contribution is 2.42. The SMILES string of the molecule is C[C@H](O)C[C@H]1CC[C@@H](C2CCCCC2)N(c2cc(C#CC(C)(C)C)sc2C(=O)O)C1=O. The summed E-state index contributed by atoms with van der Waals surface area (Å²) in [5, 5.41) is 19.8. The Bertz CT molecular complexity index is 864. The lowest BCUT2D eigenvalue weighted by atomic mass is 9.77. The van der Waals surface area contributed by atoms with Gasteiger partial charge in [-0.05, 0) is 71.8 Å². The molecule has 3 rings (SSSR count). The fourth-order valence-electron chi connectivity index (χ4n) is 4.90. The van der Waals surface area contributed by atoms with Gasteiger partial charge in [-0.3, -0.25) is 4.79 Å². The van der Waals surface area contributed by atoms with Crippen LogP contribution in [0.1, 0.15) is 93.6 Å². The number of piperidine rings is 1. The summed E-state index contributed by atoms with van der Waals surface area (Å²) in [7, 11) is 0. The molecule has 1 aliphatic heterocycles. The minimum atomic E-state index is -1.02. The Balaban J connectivity index is 2.03. The van der Waals surface area contributed by atoms with E-state index in [1.165, 1.54) is 6.42 Å². The fourth-order valence-corrected chi connectivity index (χ4v) is 5.74. The predicted octanol–water partition coefficient (Wildman–Crippen LogP) is 5.31. The van der Waals surface area contributed by atoms with E-state index >= 15 is 0 Å². The number of amides is 1. The van der Waals surface area contributed by atoms with Crippen molar-refractivity contribution in [1.82, 2.24) is 0 Å². The first-order chi connectivity index (χ1) is 14.6. The van der Waals surface area contributed by atoms with Crippen LogP contribution in [0.3, 0.4) is 0 Å². The van der Waals surface area contributed by atoms with E-state index in [-0.39, 0.29) is 28.2 Å². The quantitative estimate of drug-likeness (QED) is 0.602. The molecule has 1 aromatic rings. The van der Waals surface area contributed by atoms with Crippen LogP contribution in [-0.2, 0) is 4.79 Å². The van der Waals surface area contributed by atoms with E-state index in [1.54, 1.807) is 17.9 Å². The first-order valence-electron chi connectivity index (χ1n) is 11.5. The van der Waals surface area contributed by atoms with Gasteiger partial charge in [0.2, 0.25) is 5.91 Å². The number of hydrogen-bond donors (Lipinski definition) is 2. The first kappa shape index (κ1) is 23.8. The van der Waals surface area contributed by atoms with Crippen molar-refractivity contribution in [1.29, 1.82) is 0 Å². The van der Waals surface area contributed by atoms with Gasteiger partial charge < -0.3 is 15.1 Å². The topological polar surface area (TPSA) is 77.8 Å². The molecule has 1 aromatic heterocycles. The van der Waals surface area contributed by atoms with Crippen LogP contribution in [0.4, 0.5) is 5.69 Å². The largest absolute Gasteiger partial charge is 0.477 e. The number of aliphatic hydroxyl groups excluding tert-OH is 1. The molecule has 5 nitrogen and oxygen atoms in total. The molecular formula is C25H35NO4S. The number of aliphatic hydroxyl groups is 1. The molecular weight excluding hydrogens is 410 g/mol. The highest BCUT2D eigenvalue weighted by molar-refractivity contribution is 7.15. The third-order valence-electron chi connectivity index (χ3n) is 6.28. The molecule has 170 valence electrons. The van der Waals surface area contributed by atoms with Crippen molar-refractivity contribution in [3.8, 4) is 11.8 Å². The summed E-state index contributed by atoms with van der Waals surface area (Å²) in [6.07, 6.45) is 7.18. The lowest BCUT2D eigenvalue weighted by Crippen LogP contribution is -2.52. The van der Waals surface area contributed by atoms with Gasteiger partial charge in [-0.15, -0.1) is 11.3 Å². The molecule has 3 atom stereocenters. The monoisotopic (exact) mass is 445 g/mol. The van der Waals surface area contributed by atoms with Crippen molar-refractivity contribution >= 4 is 28.9 Å². The number of thiophene rings is 1. The highest BCUT2D eigenvalue weighted by Gasteiger charge is 2.42. The van der Waals surface area contributed by atoms with E-state index in [4.69, 9.17) is 0 Å². The van der Waals surface area contributed by atoms with Gasteiger partial charge in [0, 0.05) is 17.4 Å². The molecule has 1 saturated heterocycles. The Morgan fingerprint density at radius 1 is 1.23 bits per heavy atom. The van der Waals surface area contributed by atoms with Crippen LogP contribution in [0.2, 0.25) is 0 Å². The molecule has 0 spiro atoms. The van der Waals surface area contributed by atoms with Gasteiger partial charge in [0.15, 0.2) is 0 Å². The predicted molar refractivity (Wildman–Crippen MR) is 124 cm³/mol. The third-order valence-corrected chi connectivity index (χ3v) is 7.30. The van der Waals surface area contributed by atoms with Crippen LogP contribution >= 0.6 is 11.3 Å². The lowest BCUT2D eigenvalue weighted by molar-refractivity contribution is -0.126. The minimum Gasteiger partial charge on any atom is -0.477 e. The van der Waals surface area contributed by atoms with Crippen LogP contribution in [0.5, 0.6) is 0 Å². The van der Waals surface area contributed by atoms with Gasteiger partial charge >= 0.3 is 5.97 Å². The molecule has 0 radical (unpaired) electrons. The Kier molecular flexibility index (Phi) is 7.49. The van der Waals surface area contributed by atoms with Crippen LogP contribution in [-0.4, -0.2) is 34.2 Å². The van der Waals surface area contributed by atoms with Crippen molar-refractivity contribution in [2.75, 3.05) is 4.90 Å². The number of rotatable bonds is 5. The second-order valence-electron chi connectivity index (χ2n) is 10.2. The zero-order valence-electron chi connectivity index (χ0n) is 19.1. The van der Waals surface area contributed by atoms with Crippen LogP contribution in [0, 0.1) is 29.1 Å². The standard InChI is InChI=1S/C25H35NO4S/c1-16(27)14-18-10-11-20(17-8-6-5-7-9-17)26(23(18)28)21-15-19(12-13-25(2,3)4)31-22(21)24(29)30/h15-18,20,27H,5-11,14H2,1-4H3,(H,29,30)/t16-,18+,20-/m0/s1. The van der Waals surface area contributed by atoms with E-state index in [1.807, 2.05) is 20.8 Å². The second-order valence-corrected chi connectivity index (χ2v) is 11.2. The van der Waals surface area contributed by atoms with Crippen molar-refractivity contribution in [3.63, 3.8) is 0 Å². The molecule has 1 saturated carbocycles. The number of carboxylic acid groups (broad SMARTS) is 1. The smallest absolute Gasteiger partial charge is 0.348 e. The molecule has 2 fully saturated rings. The number of nitrogens with zero attached hydrogens (tertiary/aromatic N) is 1. The molecule has 1 aliphatic carbocycles. The molecule has 0 bridgehead atoms. The first-order valence-corrected chi connectivity index (χ1v) is 12.3. The Labute approximate surface area is 189 Å². The van der Waals surface area contributed by atoms with Gasteiger partial charge in [0.25, 0.3) is 0 Å². The van der Waals surface area contributed by atoms with Gasteiger partial charge in [-0.1, -0.05) is 31.1 Å². The molecule has 31 heavy (non-hydrogen) atoms. The van der Waals surface area contributed by atoms with Gasteiger partial charge in [-0.25, -0.2) is 4.79 Å². The van der Waals surface area contributed by atoms with Crippen molar-refractivity contribution in [3.05, 3.63) is 15.8 Å². The molecule has 6 heteroatoms. The second kappa shape index (κ2) is 9.75. The number of aromatic carboxylic acids is 1. The summed E-state index contributed by atoms with van der Waals surface area (Å²) in [6, 6.07) is 1.82.